The number of likely N-dealkylation sites (tertiary alicyclic amines) is 1. The molecule has 1 heterocycles. The van der Waals surface area contributed by atoms with E-state index in [-0.39, 0.29) is 24.0 Å². The summed E-state index contributed by atoms with van der Waals surface area (Å²) in [6.07, 6.45) is 6.20. The highest BCUT2D eigenvalue weighted by Gasteiger charge is 2.10. The molecule has 2 N–H and O–H groups in total. The molecule has 0 atom stereocenters. The molecule has 0 bridgehead atoms. The van der Waals surface area contributed by atoms with Crippen molar-refractivity contribution in [2.45, 2.75) is 38.6 Å². The van der Waals surface area contributed by atoms with E-state index in [0.29, 0.717) is 0 Å². The molecule has 0 spiro atoms. The van der Waals surface area contributed by atoms with Gasteiger partial charge in [-0.25, -0.2) is 0 Å². The molecule has 0 unspecified atom stereocenters. The van der Waals surface area contributed by atoms with Crippen LogP contribution in [-0.2, 0) is 6.54 Å². The summed E-state index contributed by atoms with van der Waals surface area (Å²) in [4.78, 5) is 9.15. The van der Waals surface area contributed by atoms with Crippen LogP contribution in [0.2, 0.25) is 0 Å². The Morgan fingerprint density at radius 1 is 1.13 bits per heavy atom. The molecule has 1 aromatic carbocycles. The second kappa shape index (κ2) is 11.7. The second-order valence-electron chi connectivity index (χ2n) is 6.22. The predicted molar refractivity (Wildman–Crippen MR) is 109 cm³/mol. The Bertz CT molecular complexity index is 442. The molecule has 130 valence electrons. The summed E-state index contributed by atoms with van der Waals surface area (Å²) in [6.45, 7) is 5.01. The standard InChI is InChI=1S/C18H30N4.HI/c1-21(16-17-10-5-4-6-11-17)13-9-12-20-18(19)22-14-7-2-3-8-15-22;/h4-6,10-11H,2-3,7-9,12-16H2,1H3,(H2,19,20);1H. The van der Waals surface area contributed by atoms with E-state index in [1.54, 1.807) is 0 Å². The highest BCUT2D eigenvalue weighted by molar-refractivity contribution is 14.0. The van der Waals surface area contributed by atoms with Crippen molar-refractivity contribution in [3.05, 3.63) is 35.9 Å². The van der Waals surface area contributed by atoms with Gasteiger partial charge in [0.25, 0.3) is 0 Å². The average Bonchev–Trinajstić information content (AvgIpc) is 2.81. The number of hydrogen-bond donors (Lipinski definition) is 1. The minimum Gasteiger partial charge on any atom is -0.370 e. The molecule has 0 saturated carbocycles. The molecule has 0 aliphatic carbocycles. The van der Waals surface area contributed by atoms with Crippen LogP contribution in [0.5, 0.6) is 0 Å². The lowest BCUT2D eigenvalue weighted by atomic mass is 10.2. The molecule has 0 radical (unpaired) electrons. The topological polar surface area (TPSA) is 44.9 Å². The van der Waals surface area contributed by atoms with Crippen LogP contribution in [0.4, 0.5) is 0 Å². The summed E-state index contributed by atoms with van der Waals surface area (Å²) in [6, 6.07) is 10.6. The first-order chi connectivity index (χ1) is 10.8. The van der Waals surface area contributed by atoms with Gasteiger partial charge in [0.2, 0.25) is 0 Å². The maximum Gasteiger partial charge on any atom is 0.191 e. The van der Waals surface area contributed by atoms with Gasteiger partial charge in [-0.05, 0) is 38.4 Å². The number of aliphatic imine (C=N–C) groups is 1. The van der Waals surface area contributed by atoms with E-state index in [4.69, 9.17) is 5.73 Å². The zero-order chi connectivity index (χ0) is 15.6. The molecule has 1 saturated heterocycles. The number of guanidine groups is 1. The number of nitrogens with two attached hydrogens (primary N) is 1. The van der Waals surface area contributed by atoms with Crippen molar-refractivity contribution in [1.29, 1.82) is 0 Å². The third-order valence-electron chi connectivity index (χ3n) is 4.20. The first-order valence-corrected chi connectivity index (χ1v) is 8.53. The number of nitrogens with zero attached hydrogens (tertiary/aromatic N) is 3. The Labute approximate surface area is 158 Å². The van der Waals surface area contributed by atoms with Crippen LogP contribution >= 0.6 is 24.0 Å². The van der Waals surface area contributed by atoms with E-state index < -0.39 is 0 Å². The Morgan fingerprint density at radius 2 is 1.78 bits per heavy atom. The molecule has 1 aromatic rings. The van der Waals surface area contributed by atoms with Crippen molar-refractivity contribution in [3.63, 3.8) is 0 Å². The quantitative estimate of drug-likeness (QED) is 0.326. The highest BCUT2D eigenvalue weighted by atomic mass is 127. The third-order valence-corrected chi connectivity index (χ3v) is 4.20. The van der Waals surface area contributed by atoms with Gasteiger partial charge in [0.1, 0.15) is 0 Å². The molecular formula is C18H31IN4. The van der Waals surface area contributed by atoms with E-state index >= 15 is 0 Å². The first kappa shape index (κ1) is 20.2. The number of rotatable bonds is 6. The molecule has 23 heavy (non-hydrogen) atoms. The summed E-state index contributed by atoms with van der Waals surface area (Å²) < 4.78 is 0. The van der Waals surface area contributed by atoms with Crippen molar-refractivity contribution in [3.8, 4) is 0 Å². The molecule has 0 aromatic heterocycles. The van der Waals surface area contributed by atoms with Gasteiger partial charge >= 0.3 is 0 Å². The van der Waals surface area contributed by atoms with E-state index in [1.807, 2.05) is 0 Å². The van der Waals surface area contributed by atoms with Gasteiger partial charge in [-0.3, -0.25) is 4.99 Å². The van der Waals surface area contributed by atoms with E-state index in [9.17, 15) is 0 Å². The lowest BCUT2D eigenvalue weighted by Gasteiger charge is -2.21. The van der Waals surface area contributed by atoms with Gasteiger partial charge in [0.15, 0.2) is 5.96 Å². The van der Waals surface area contributed by atoms with Gasteiger partial charge in [-0.15, -0.1) is 24.0 Å². The first-order valence-electron chi connectivity index (χ1n) is 8.53. The smallest absolute Gasteiger partial charge is 0.191 e. The maximum atomic E-state index is 6.12. The monoisotopic (exact) mass is 430 g/mol. The van der Waals surface area contributed by atoms with Crippen molar-refractivity contribution in [2.24, 2.45) is 10.7 Å². The fraction of sp³-hybridized carbons (Fsp3) is 0.611. The van der Waals surface area contributed by atoms with Gasteiger partial charge in [0.05, 0.1) is 0 Å². The minimum atomic E-state index is 0. The van der Waals surface area contributed by atoms with Crippen LogP contribution in [0.3, 0.4) is 0 Å². The van der Waals surface area contributed by atoms with E-state index in [1.165, 1.54) is 31.2 Å². The van der Waals surface area contributed by atoms with Crippen LogP contribution in [0.1, 0.15) is 37.7 Å². The molecular weight excluding hydrogens is 399 g/mol. The number of hydrogen-bond acceptors (Lipinski definition) is 2. The molecule has 0 amide bonds. The molecule has 2 rings (SSSR count). The molecule has 5 heteroatoms. The van der Waals surface area contributed by atoms with Crippen LogP contribution in [0, 0.1) is 0 Å². The molecule has 1 aliphatic heterocycles. The zero-order valence-electron chi connectivity index (χ0n) is 14.3. The van der Waals surface area contributed by atoms with Gasteiger partial charge in [0, 0.05) is 26.2 Å². The number of benzene rings is 1. The van der Waals surface area contributed by atoms with Crippen LogP contribution in [0.25, 0.3) is 0 Å². The fourth-order valence-corrected chi connectivity index (χ4v) is 2.91. The van der Waals surface area contributed by atoms with Gasteiger partial charge in [-0.1, -0.05) is 43.2 Å². The predicted octanol–water partition coefficient (Wildman–Crippen LogP) is 3.32. The zero-order valence-corrected chi connectivity index (χ0v) is 16.6. The fourth-order valence-electron chi connectivity index (χ4n) is 2.91. The Hall–Kier alpha value is -0.820. The summed E-state index contributed by atoms with van der Waals surface area (Å²) in [7, 11) is 2.16. The lowest BCUT2D eigenvalue weighted by molar-refractivity contribution is 0.324. The van der Waals surface area contributed by atoms with Crippen molar-refractivity contribution in [1.82, 2.24) is 9.80 Å². The maximum absolute atomic E-state index is 6.12. The summed E-state index contributed by atoms with van der Waals surface area (Å²) >= 11 is 0. The average molecular weight is 430 g/mol. The van der Waals surface area contributed by atoms with E-state index in [0.717, 1.165) is 45.1 Å². The van der Waals surface area contributed by atoms with Crippen LogP contribution in [-0.4, -0.2) is 49.0 Å². The highest BCUT2D eigenvalue weighted by Crippen LogP contribution is 2.09. The largest absolute Gasteiger partial charge is 0.370 e. The summed E-state index contributed by atoms with van der Waals surface area (Å²) in [5.74, 6) is 0.743. The summed E-state index contributed by atoms with van der Waals surface area (Å²) in [5, 5.41) is 0. The van der Waals surface area contributed by atoms with Gasteiger partial charge < -0.3 is 15.5 Å². The number of halogens is 1. The van der Waals surface area contributed by atoms with Crippen LogP contribution < -0.4 is 5.73 Å². The molecule has 1 fully saturated rings. The van der Waals surface area contributed by atoms with Crippen LogP contribution in [0.15, 0.2) is 35.3 Å². The lowest BCUT2D eigenvalue weighted by Crippen LogP contribution is -2.38. The van der Waals surface area contributed by atoms with Crippen molar-refractivity contribution in [2.75, 3.05) is 33.2 Å². The Morgan fingerprint density at radius 3 is 2.43 bits per heavy atom. The Kier molecular flexibility index (Phi) is 10.3. The third kappa shape index (κ3) is 8.01. The molecule has 1 aliphatic rings. The molecule has 4 nitrogen and oxygen atoms in total. The second-order valence-corrected chi connectivity index (χ2v) is 6.22. The van der Waals surface area contributed by atoms with E-state index in [2.05, 4.69) is 52.2 Å². The SMILES string of the molecule is CN(CCCN=C(N)N1CCCCCC1)Cc1ccccc1.I. The van der Waals surface area contributed by atoms with Crippen molar-refractivity contribution < 1.29 is 0 Å². The summed E-state index contributed by atoms with van der Waals surface area (Å²) in [5.41, 5.74) is 7.48. The normalized spacial score (nSPS) is 16.1. The van der Waals surface area contributed by atoms with Gasteiger partial charge in [-0.2, -0.15) is 0 Å². The minimum absolute atomic E-state index is 0. The van der Waals surface area contributed by atoms with Crippen molar-refractivity contribution >= 4 is 29.9 Å². The Balaban J connectivity index is 0.00000264.